The largest absolute Gasteiger partial charge is 0.339 e. The van der Waals surface area contributed by atoms with Crippen LogP contribution in [0.5, 0.6) is 0 Å². The van der Waals surface area contributed by atoms with Crippen LogP contribution in [-0.4, -0.2) is 36.0 Å². The van der Waals surface area contributed by atoms with Crippen molar-refractivity contribution in [3.8, 4) is 10.7 Å². The van der Waals surface area contributed by atoms with Gasteiger partial charge in [0.1, 0.15) is 0 Å². The van der Waals surface area contributed by atoms with Crippen molar-refractivity contribution >= 4 is 32.1 Å². The van der Waals surface area contributed by atoms with Crippen LogP contribution in [0, 0.1) is 0 Å². The first-order chi connectivity index (χ1) is 14.1. The monoisotopic (exact) mass is 425 g/mol. The molecule has 8 heteroatoms. The van der Waals surface area contributed by atoms with Crippen LogP contribution in [0.3, 0.4) is 0 Å². The maximum Gasteiger partial charge on any atom is 0.243 e. The molecular weight excluding hydrogens is 406 g/mol. The van der Waals surface area contributed by atoms with E-state index in [-0.39, 0.29) is 5.92 Å². The molecule has 2 aromatic carbocycles. The molecule has 1 atom stereocenters. The van der Waals surface area contributed by atoms with E-state index in [4.69, 9.17) is 4.52 Å². The maximum absolute atomic E-state index is 13.4. The fraction of sp³-hybridized carbons (Fsp3) is 0.238. The van der Waals surface area contributed by atoms with Gasteiger partial charge in [0.25, 0.3) is 0 Å². The van der Waals surface area contributed by atoms with Crippen molar-refractivity contribution in [3.05, 3.63) is 65.9 Å². The number of aromatic nitrogens is 2. The molecule has 0 N–H and O–H groups in total. The van der Waals surface area contributed by atoms with Crippen molar-refractivity contribution in [2.45, 2.75) is 23.7 Å². The highest BCUT2D eigenvalue weighted by Crippen LogP contribution is 2.33. The lowest BCUT2D eigenvalue weighted by atomic mass is 10.00. The Morgan fingerprint density at radius 3 is 2.79 bits per heavy atom. The zero-order valence-corrected chi connectivity index (χ0v) is 17.2. The minimum Gasteiger partial charge on any atom is -0.339 e. The molecule has 29 heavy (non-hydrogen) atoms. The van der Waals surface area contributed by atoms with Gasteiger partial charge in [-0.1, -0.05) is 47.6 Å². The number of hydrogen-bond donors (Lipinski definition) is 0. The molecule has 5 rings (SSSR count). The Bertz CT molecular complexity index is 1240. The number of sulfonamides is 1. The van der Waals surface area contributed by atoms with Gasteiger partial charge in [0.15, 0.2) is 0 Å². The Labute approximate surface area is 172 Å². The van der Waals surface area contributed by atoms with Gasteiger partial charge >= 0.3 is 0 Å². The molecule has 0 bridgehead atoms. The van der Waals surface area contributed by atoms with Crippen molar-refractivity contribution in [2.75, 3.05) is 13.1 Å². The molecule has 3 heterocycles. The van der Waals surface area contributed by atoms with Gasteiger partial charge in [0, 0.05) is 18.5 Å². The average molecular weight is 426 g/mol. The Balaban J connectivity index is 1.44. The van der Waals surface area contributed by atoms with Gasteiger partial charge < -0.3 is 4.52 Å². The number of piperidine rings is 1. The number of thiophene rings is 1. The highest BCUT2D eigenvalue weighted by molar-refractivity contribution is 7.89. The second kappa shape index (κ2) is 7.37. The molecule has 2 aromatic heterocycles. The highest BCUT2D eigenvalue weighted by atomic mass is 32.2. The summed E-state index contributed by atoms with van der Waals surface area (Å²) in [7, 11) is -3.62. The molecule has 0 saturated carbocycles. The molecule has 0 aliphatic carbocycles. The quantitative estimate of drug-likeness (QED) is 0.480. The van der Waals surface area contributed by atoms with Crippen molar-refractivity contribution in [3.63, 3.8) is 0 Å². The van der Waals surface area contributed by atoms with Crippen molar-refractivity contribution in [2.24, 2.45) is 0 Å². The standard InChI is InChI=1S/C21H19N3O3S2/c25-29(26,19-11-3-7-15-6-1-2-9-17(15)19)24-12-4-8-16(14-24)21-22-20(23-27-21)18-10-5-13-28-18/h1-3,5-7,9-11,13,16H,4,8,12,14H2. The van der Waals surface area contributed by atoms with E-state index in [2.05, 4.69) is 10.1 Å². The summed E-state index contributed by atoms with van der Waals surface area (Å²) in [6, 6.07) is 16.9. The summed E-state index contributed by atoms with van der Waals surface area (Å²) in [6.45, 7) is 0.839. The zero-order chi connectivity index (χ0) is 19.8. The summed E-state index contributed by atoms with van der Waals surface area (Å²) in [5, 5.41) is 7.70. The fourth-order valence-corrected chi connectivity index (χ4v) is 6.22. The predicted molar refractivity (Wildman–Crippen MR) is 112 cm³/mol. The number of rotatable bonds is 4. The zero-order valence-electron chi connectivity index (χ0n) is 15.6. The first-order valence-electron chi connectivity index (χ1n) is 9.48. The Morgan fingerprint density at radius 1 is 1.07 bits per heavy atom. The molecule has 1 aliphatic heterocycles. The molecule has 0 spiro atoms. The van der Waals surface area contributed by atoms with Crippen molar-refractivity contribution in [1.82, 2.24) is 14.4 Å². The van der Waals surface area contributed by atoms with Crippen LogP contribution in [0.25, 0.3) is 21.5 Å². The molecule has 4 aromatic rings. The first kappa shape index (κ1) is 18.5. The molecule has 148 valence electrons. The third-order valence-corrected chi connectivity index (χ3v) is 8.07. The molecule has 0 radical (unpaired) electrons. The summed E-state index contributed by atoms with van der Waals surface area (Å²) in [5.41, 5.74) is 0. The second-order valence-electron chi connectivity index (χ2n) is 7.11. The summed E-state index contributed by atoms with van der Waals surface area (Å²) >= 11 is 1.55. The summed E-state index contributed by atoms with van der Waals surface area (Å²) in [5.74, 6) is 0.963. The molecule has 1 unspecified atom stereocenters. The number of nitrogens with zero attached hydrogens (tertiary/aromatic N) is 3. The normalized spacial score (nSPS) is 18.3. The molecule has 1 fully saturated rings. The minimum atomic E-state index is -3.62. The molecule has 0 amide bonds. The Kier molecular flexibility index (Phi) is 4.69. The van der Waals surface area contributed by atoms with Crippen LogP contribution < -0.4 is 0 Å². The van der Waals surface area contributed by atoms with Crippen LogP contribution in [0.15, 0.2) is 69.4 Å². The van der Waals surface area contributed by atoms with Gasteiger partial charge in [-0.05, 0) is 35.7 Å². The van der Waals surface area contributed by atoms with Crippen molar-refractivity contribution < 1.29 is 12.9 Å². The summed E-state index contributed by atoms with van der Waals surface area (Å²) in [6.07, 6.45) is 1.58. The molecular formula is C21H19N3O3S2. The SMILES string of the molecule is O=S(=O)(c1cccc2ccccc12)N1CCCC(c2nc(-c3cccs3)no2)C1. The predicted octanol–water partition coefficient (Wildman–Crippen LogP) is 4.52. The van der Waals surface area contributed by atoms with Gasteiger partial charge in [-0.2, -0.15) is 9.29 Å². The van der Waals surface area contributed by atoms with E-state index in [1.165, 1.54) is 0 Å². The second-order valence-corrected chi connectivity index (χ2v) is 9.97. The van der Waals surface area contributed by atoms with Crippen LogP contribution in [-0.2, 0) is 10.0 Å². The van der Waals surface area contributed by atoms with E-state index < -0.39 is 10.0 Å². The Hall–Kier alpha value is -2.55. The number of benzene rings is 2. The van der Waals surface area contributed by atoms with E-state index in [9.17, 15) is 8.42 Å². The summed E-state index contributed by atoms with van der Waals surface area (Å²) < 4.78 is 33.9. The van der Waals surface area contributed by atoms with E-state index in [0.29, 0.717) is 29.7 Å². The van der Waals surface area contributed by atoms with Gasteiger partial charge in [-0.25, -0.2) is 8.42 Å². The third kappa shape index (κ3) is 3.37. The van der Waals surface area contributed by atoms with Crippen LogP contribution in [0.1, 0.15) is 24.7 Å². The van der Waals surface area contributed by atoms with Gasteiger partial charge in [0.2, 0.25) is 21.7 Å². The topological polar surface area (TPSA) is 76.3 Å². The Morgan fingerprint density at radius 2 is 1.93 bits per heavy atom. The molecule has 6 nitrogen and oxygen atoms in total. The molecule has 1 aliphatic rings. The lowest BCUT2D eigenvalue weighted by Gasteiger charge is -2.30. The fourth-order valence-electron chi connectivity index (χ4n) is 3.83. The number of fused-ring (bicyclic) bond motifs is 1. The minimum absolute atomic E-state index is 0.102. The average Bonchev–Trinajstić information content (AvgIpc) is 3.45. The van der Waals surface area contributed by atoms with Crippen molar-refractivity contribution in [1.29, 1.82) is 0 Å². The lowest BCUT2D eigenvalue weighted by Crippen LogP contribution is -2.39. The van der Waals surface area contributed by atoms with Gasteiger partial charge in [-0.3, -0.25) is 0 Å². The molecule has 1 saturated heterocycles. The van der Waals surface area contributed by atoms with E-state index >= 15 is 0 Å². The van der Waals surface area contributed by atoms with E-state index in [0.717, 1.165) is 28.5 Å². The van der Waals surface area contributed by atoms with Crippen LogP contribution in [0.4, 0.5) is 0 Å². The van der Waals surface area contributed by atoms with Gasteiger partial charge in [-0.15, -0.1) is 11.3 Å². The lowest BCUT2D eigenvalue weighted by molar-refractivity contribution is 0.266. The summed E-state index contributed by atoms with van der Waals surface area (Å²) in [4.78, 5) is 5.82. The first-order valence-corrected chi connectivity index (χ1v) is 11.8. The maximum atomic E-state index is 13.4. The van der Waals surface area contributed by atoms with E-state index in [1.54, 1.807) is 27.8 Å². The van der Waals surface area contributed by atoms with Gasteiger partial charge in [0.05, 0.1) is 15.7 Å². The third-order valence-electron chi connectivity index (χ3n) is 5.28. The van der Waals surface area contributed by atoms with E-state index in [1.807, 2.05) is 47.8 Å². The smallest absolute Gasteiger partial charge is 0.243 e. The van der Waals surface area contributed by atoms with Crippen LogP contribution in [0.2, 0.25) is 0 Å². The van der Waals surface area contributed by atoms with Crippen LogP contribution >= 0.6 is 11.3 Å². The highest BCUT2D eigenvalue weighted by Gasteiger charge is 2.34. The number of hydrogen-bond acceptors (Lipinski definition) is 6.